The Morgan fingerprint density at radius 1 is 1.44 bits per heavy atom. The van der Waals surface area contributed by atoms with Crippen molar-refractivity contribution < 1.29 is 9.53 Å². The molecule has 2 aliphatic rings. The van der Waals surface area contributed by atoms with E-state index in [1.54, 1.807) is 0 Å². The monoisotopic (exact) mass is 225 g/mol. The fourth-order valence-corrected chi connectivity index (χ4v) is 2.81. The Hall–Kier alpha value is -0.410. The van der Waals surface area contributed by atoms with E-state index in [-0.39, 0.29) is 0 Å². The van der Waals surface area contributed by atoms with Crippen LogP contribution in [-0.2, 0) is 9.53 Å². The van der Waals surface area contributed by atoms with Crippen LogP contribution in [0.5, 0.6) is 0 Å². The summed E-state index contributed by atoms with van der Waals surface area (Å²) in [5.74, 6) is 0.860. The lowest BCUT2D eigenvalue weighted by molar-refractivity contribution is -0.120. The van der Waals surface area contributed by atoms with Crippen LogP contribution in [0.15, 0.2) is 0 Å². The largest absolute Gasteiger partial charge is 0.377 e. The van der Waals surface area contributed by atoms with Crippen molar-refractivity contribution in [3.8, 4) is 0 Å². The standard InChI is InChI=1S/C13H23NO2/c1-11-10-14(7-3-9-16-11)8-6-12-4-2-5-13(12)15/h11-12H,2-10H2,1H3. The van der Waals surface area contributed by atoms with Crippen molar-refractivity contribution in [1.29, 1.82) is 0 Å². The van der Waals surface area contributed by atoms with Gasteiger partial charge in [0.25, 0.3) is 0 Å². The van der Waals surface area contributed by atoms with Crippen molar-refractivity contribution in [3.63, 3.8) is 0 Å². The lowest BCUT2D eigenvalue weighted by Crippen LogP contribution is -2.32. The summed E-state index contributed by atoms with van der Waals surface area (Å²) in [6.45, 7) is 6.26. The van der Waals surface area contributed by atoms with E-state index in [0.29, 0.717) is 17.8 Å². The van der Waals surface area contributed by atoms with Gasteiger partial charge in [-0.25, -0.2) is 0 Å². The van der Waals surface area contributed by atoms with Gasteiger partial charge in [-0.1, -0.05) is 0 Å². The molecule has 16 heavy (non-hydrogen) atoms. The Morgan fingerprint density at radius 2 is 2.31 bits per heavy atom. The normalized spacial score (nSPS) is 32.9. The molecular weight excluding hydrogens is 202 g/mol. The van der Waals surface area contributed by atoms with Gasteiger partial charge in [0, 0.05) is 32.0 Å². The SMILES string of the molecule is CC1CN(CCC2CCCC2=O)CCCO1. The van der Waals surface area contributed by atoms with Gasteiger partial charge in [-0.05, 0) is 39.2 Å². The summed E-state index contributed by atoms with van der Waals surface area (Å²) in [5, 5.41) is 0. The van der Waals surface area contributed by atoms with Gasteiger partial charge in [0.05, 0.1) is 6.10 Å². The van der Waals surface area contributed by atoms with Crippen molar-refractivity contribution in [2.24, 2.45) is 5.92 Å². The van der Waals surface area contributed by atoms with Crippen molar-refractivity contribution in [2.75, 3.05) is 26.2 Å². The van der Waals surface area contributed by atoms with Gasteiger partial charge in [0.15, 0.2) is 0 Å². The molecule has 2 rings (SSSR count). The van der Waals surface area contributed by atoms with Crippen LogP contribution in [0.2, 0.25) is 0 Å². The Kier molecular flexibility index (Phi) is 4.36. The number of Topliss-reactive ketones (excluding diaryl/α,β-unsaturated/α-hetero) is 1. The molecule has 0 aromatic rings. The summed E-state index contributed by atoms with van der Waals surface area (Å²) in [4.78, 5) is 14.0. The van der Waals surface area contributed by atoms with Crippen LogP contribution in [-0.4, -0.2) is 43.0 Å². The molecule has 0 N–H and O–H groups in total. The molecule has 1 saturated carbocycles. The zero-order valence-electron chi connectivity index (χ0n) is 10.3. The number of nitrogens with zero attached hydrogens (tertiary/aromatic N) is 1. The molecule has 92 valence electrons. The smallest absolute Gasteiger partial charge is 0.136 e. The molecule has 1 aliphatic carbocycles. The van der Waals surface area contributed by atoms with Crippen LogP contribution < -0.4 is 0 Å². The molecular formula is C13H23NO2. The van der Waals surface area contributed by atoms with E-state index >= 15 is 0 Å². The molecule has 2 atom stereocenters. The fraction of sp³-hybridized carbons (Fsp3) is 0.923. The van der Waals surface area contributed by atoms with E-state index in [9.17, 15) is 4.79 Å². The highest BCUT2D eigenvalue weighted by atomic mass is 16.5. The Labute approximate surface area is 98.1 Å². The Morgan fingerprint density at radius 3 is 3.06 bits per heavy atom. The molecule has 1 heterocycles. The lowest BCUT2D eigenvalue weighted by Gasteiger charge is -2.22. The van der Waals surface area contributed by atoms with E-state index in [1.807, 2.05) is 0 Å². The molecule has 3 heteroatoms. The average molecular weight is 225 g/mol. The van der Waals surface area contributed by atoms with Gasteiger partial charge in [0.2, 0.25) is 0 Å². The van der Waals surface area contributed by atoms with Crippen LogP contribution in [0.3, 0.4) is 0 Å². The van der Waals surface area contributed by atoms with Gasteiger partial charge < -0.3 is 9.64 Å². The molecule has 1 aliphatic heterocycles. The summed E-state index contributed by atoms with van der Waals surface area (Å²) in [6, 6.07) is 0. The molecule has 2 fully saturated rings. The number of hydrogen-bond acceptors (Lipinski definition) is 3. The molecule has 3 nitrogen and oxygen atoms in total. The molecule has 0 amide bonds. The first-order valence-electron chi connectivity index (χ1n) is 6.62. The lowest BCUT2D eigenvalue weighted by atomic mass is 10.0. The first-order chi connectivity index (χ1) is 7.75. The summed E-state index contributed by atoms with van der Waals surface area (Å²) in [5.41, 5.74) is 0. The minimum Gasteiger partial charge on any atom is -0.377 e. The number of ether oxygens (including phenoxy) is 1. The minimum atomic E-state index is 0.349. The minimum absolute atomic E-state index is 0.349. The summed E-state index contributed by atoms with van der Waals surface area (Å²) >= 11 is 0. The van der Waals surface area contributed by atoms with Gasteiger partial charge in [-0.15, -0.1) is 0 Å². The van der Waals surface area contributed by atoms with Crippen molar-refractivity contribution >= 4 is 5.78 Å². The highest BCUT2D eigenvalue weighted by Gasteiger charge is 2.25. The predicted molar refractivity (Wildman–Crippen MR) is 63.4 cm³/mol. The first-order valence-corrected chi connectivity index (χ1v) is 6.62. The van der Waals surface area contributed by atoms with Crippen molar-refractivity contribution in [2.45, 2.75) is 45.1 Å². The quantitative estimate of drug-likeness (QED) is 0.734. The van der Waals surface area contributed by atoms with Crippen molar-refractivity contribution in [1.82, 2.24) is 4.90 Å². The van der Waals surface area contributed by atoms with Crippen LogP contribution in [0.4, 0.5) is 0 Å². The third kappa shape index (κ3) is 3.29. The number of ketones is 1. The van der Waals surface area contributed by atoms with Gasteiger partial charge >= 0.3 is 0 Å². The van der Waals surface area contributed by atoms with Crippen molar-refractivity contribution in [3.05, 3.63) is 0 Å². The van der Waals surface area contributed by atoms with Crippen LogP contribution in [0.1, 0.15) is 39.0 Å². The number of rotatable bonds is 3. The maximum Gasteiger partial charge on any atom is 0.136 e. The molecule has 0 spiro atoms. The summed E-state index contributed by atoms with van der Waals surface area (Å²) < 4.78 is 5.62. The zero-order valence-corrected chi connectivity index (χ0v) is 10.3. The molecule has 0 aromatic carbocycles. The zero-order chi connectivity index (χ0) is 11.4. The third-order valence-corrected chi connectivity index (χ3v) is 3.76. The van der Waals surface area contributed by atoms with E-state index in [1.165, 1.54) is 0 Å². The third-order valence-electron chi connectivity index (χ3n) is 3.76. The molecule has 0 radical (unpaired) electrons. The second-order valence-electron chi connectivity index (χ2n) is 5.18. The highest BCUT2D eigenvalue weighted by Crippen LogP contribution is 2.24. The Balaban J connectivity index is 1.73. The van der Waals surface area contributed by atoms with Gasteiger partial charge in [-0.2, -0.15) is 0 Å². The fourth-order valence-electron chi connectivity index (χ4n) is 2.81. The number of hydrogen-bond donors (Lipinski definition) is 0. The van der Waals surface area contributed by atoms with Crippen LogP contribution >= 0.6 is 0 Å². The molecule has 2 unspecified atom stereocenters. The summed E-state index contributed by atoms with van der Waals surface area (Å²) in [7, 11) is 0. The van der Waals surface area contributed by atoms with Gasteiger partial charge in [0.1, 0.15) is 5.78 Å². The van der Waals surface area contributed by atoms with E-state index in [0.717, 1.165) is 58.3 Å². The second-order valence-corrected chi connectivity index (χ2v) is 5.18. The van der Waals surface area contributed by atoms with E-state index in [4.69, 9.17) is 4.74 Å². The molecule has 1 saturated heterocycles. The maximum absolute atomic E-state index is 11.5. The highest BCUT2D eigenvalue weighted by molar-refractivity contribution is 5.82. The van der Waals surface area contributed by atoms with E-state index in [2.05, 4.69) is 11.8 Å². The molecule has 0 bridgehead atoms. The number of carbonyl (C=O) groups is 1. The molecule has 0 aromatic heterocycles. The number of carbonyl (C=O) groups excluding carboxylic acids is 1. The maximum atomic E-state index is 11.5. The average Bonchev–Trinajstić information content (AvgIpc) is 2.54. The second kappa shape index (κ2) is 5.78. The van der Waals surface area contributed by atoms with Crippen LogP contribution in [0.25, 0.3) is 0 Å². The summed E-state index contributed by atoms with van der Waals surface area (Å²) in [6.07, 6.45) is 5.60. The van der Waals surface area contributed by atoms with Crippen LogP contribution in [0, 0.1) is 5.92 Å². The predicted octanol–water partition coefficient (Wildman–Crippen LogP) is 1.86. The Bertz CT molecular complexity index is 242. The first kappa shape index (κ1) is 12.1. The van der Waals surface area contributed by atoms with Gasteiger partial charge in [-0.3, -0.25) is 4.79 Å². The van der Waals surface area contributed by atoms with E-state index < -0.39 is 0 Å². The topological polar surface area (TPSA) is 29.5 Å².